The molecule has 0 radical (unpaired) electrons. The van der Waals surface area contributed by atoms with E-state index in [9.17, 15) is 10.1 Å². The highest BCUT2D eigenvalue weighted by Gasteiger charge is 2.55. The van der Waals surface area contributed by atoms with Crippen molar-refractivity contribution >= 4 is 50.9 Å². The Hall–Kier alpha value is -3.18. The number of hydrogen-bond donors (Lipinski definition) is 1. The molecule has 3 aliphatic heterocycles. The maximum absolute atomic E-state index is 17.0. The van der Waals surface area contributed by atoms with Crippen LogP contribution in [0, 0.1) is 41.8 Å². The van der Waals surface area contributed by atoms with Crippen LogP contribution in [-0.2, 0) is 11.2 Å². The monoisotopic (exact) mass is 641 g/mol. The summed E-state index contributed by atoms with van der Waals surface area (Å²) in [7, 11) is 0. The van der Waals surface area contributed by atoms with Gasteiger partial charge in [0.25, 0.3) is 0 Å². The minimum atomic E-state index is -0.441. The number of likely N-dealkylation sites (tertiary alicyclic amines) is 1. The van der Waals surface area contributed by atoms with Crippen LogP contribution in [0.15, 0.2) is 30.3 Å². The molecule has 6 unspecified atom stereocenters. The number of fused-ring (bicyclic) bond motifs is 6. The summed E-state index contributed by atoms with van der Waals surface area (Å²) in [6, 6.07) is 12.7. The van der Waals surface area contributed by atoms with Crippen molar-refractivity contribution in [1.82, 2.24) is 19.8 Å². The first-order valence-corrected chi connectivity index (χ1v) is 17.1. The second kappa shape index (κ2) is 10.2. The highest BCUT2D eigenvalue weighted by atomic mass is 35.5. The fourth-order valence-electron chi connectivity index (χ4n) is 9.30. The standard InChI is InChI=1S/C36H34Cl2FN5O/c1-17-24-15-28(34-20-9-10-22(12-20)43(34)36(45)18-7-8-18)44(33-21-14-27(33)41-16-21)35(24)25-13-19(4-3-11-40)29(31(39)32(25)42-17)23-5-2-6-26(37)30(23)38/h2,5-6,13,15,18,20-22,27,33-34,41H,3-4,7-10,12,14,16H2,1H3. The van der Waals surface area contributed by atoms with Gasteiger partial charge in [-0.1, -0.05) is 35.3 Å². The van der Waals surface area contributed by atoms with Gasteiger partial charge in [-0.25, -0.2) is 9.37 Å². The van der Waals surface area contributed by atoms with Crippen LogP contribution in [0.3, 0.4) is 0 Å². The Labute approximate surface area is 271 Å². The number of amides is 1. The molecule has 2 aromatic carbocycles. The zero-order chi connectivity index (χ0) is 30.7. The predicted molar refractivity (Wildman–Crippen MR) is 174 cm³/mol. The molecule has 4 aromatic rings. The molecule has 6 nitrogen and oxygen atoms in total. The van der Waals surface area contributed by atoms with Crippen LogP contribution >= 0.6 is 23.2 Å². The van der Waals surface area contributed by atoms with E-state index in [1.165, 1.54) is 5.69 Å². The number of hydrogen-bond acceptors (Lipinski definition) is 4. The van der Waals surface area contributed by atoms with Gasteiger partial charge in [0.2, 0.25) is 5.91 Å². The smallest absolute Gasteiger partial charge is 0.226 e. The largest absolute Gasteiger partial charge is 0.337 e. The topological polar surface area (TPSA) is 74.0 Å². The zero-order valence-corrected chi connectivity index (χ0v) is 26.6. The number of aryl methyl sites for hydroxylation is 2. The molecular formula is C36H34Cl2FN5O. The number of piperidine rings is 1. The summed E-state index contributed by atoms with van der Waals surface area (Å²) in [5, 5.41) is 15.7. The van der Waals surface area contributed by atoms with Crippen LogP contribution in [0.5, 0.6) is 0 Å². The van der Waals surface area contributed by atoms with E-state index >= 15 is 4.39 Å². The van der Waals surface area contributed by atoms with Crippen molar-refractivity contribution in [3.8, 4) is 17.2 Å². The third-order valence-electron chi connectivity index (χ3n) is 11.5. The molecule has 45 heavy (non-hydrogen) atoms. The summed E-state index contributed by atoms with van der Waals surface area (Å²) in [5.41, 5.74) is 4.83. The fraction of sp³-hybridized carbons (Fsp3) is 0.472. The number of nitrogens with zero attached hydrogens (tertiary/aromatic N) is 4. The van der Waals surface area contributed by atoms with Crippen LogP contribution in [0.2, 0.25) is 10.0 Å². The van der Waals surface area contributed by atoms with E-state index in [1.54, 1.807) is 18.2 Å². The summed E-state index contributed by atoms with van der Waals surface area (Å²) in [6.45, 7) is 2.93. The Morgan fingerprint density at radius 1 is 1.13 bits per heavy atom. The maximum Gasteiger partial charge on any atom is 0.226 e. The summed E-state index contributed by atoms with van der Waals surface area (Å²) < 4.78 is 19.5. The van der Waals surface area contributed by atoms with Crippen LogP contribution in [0.4, 0.5) is 4.39 Å². The first-order valence-electron chi connectivity index (χ1n) is 16.4. The Kier molecular flexibility index (Phi) is 6.34. The number of nitrogens with one attached hydrogen (secondary N) is 1. The maximum atomic E-state index is 17.0. The van der Waals surface area contributed by atoms with Gasteiger partial charge in [0, 0.05) is 64.3 Å². The number of benzene rings is 2. The van der Waals surface area contributed by atoms with Gasteiger partial charge in [0.1, 0.15) is 5.52 Å². The van der Waals surface area contributed by atoms with E-state index in [0.717, 1.165) is 67.1 Å². The Morgan fingerprint density at radius 2 is 1.98 bits per heavy atom. The van der Waals surface area contributed by atoms with Crippen LogP contribution in [0.1, 0.15) is 74.0 Å². The van der Waals surface area contributed by atoms with Gasteiger partial charge in [-0.05, 0) is 87.5 Å². The second-order valence-electron chi connectivity index (χ2n) is 14.0. The molecule has 230 valence electrons. The van der Waals surface area contributed by atoms with Crippen LogP contribution < -0.4 is 5.32 Å². The number of halogens is 3. The third kappa shape index (κ3) is 4.01. The molecule has 3 aliphatic carbocycles. The van der Waals surface area contributed by atoms with Crippen LogP contribution in [-0.4, -0.2) is 39.0 Å². The van der Waals surface area contributed by atoms with Gasteiger partial charge in [-0.2, -0.15) is 5.26 Å². The zero-order valence-electron chi connectivity index (χ0n) is 25.1. The lowest BCUT2D eigenvalue weighted by Crippen LogP contribution is -2.44. The lowest BCUT2D eigenvalue weighted by atomic mass is 9.79. The van der Waals surface area contributed by atoms with E-state index in [1.807, 2.05) is 13.0 Å². The first-order chi connectivity index (χ1) is 21.9. The number of nitriles is 1. The minimum absolute atomic E-state index is 0.0335. The molecule has 6 atom stereocenters. The van der Waals surface area contributed by atoms with E-state index in [0.29, 0.717) is 63.5 Å². The van der Waals surface area contributed by atoms with Gasteiger partial charge >= 0.3 is 0 Å². The Balaban J connectivity index is 1.33. The normalized spacial score (nSPS) is 28.3. The molecule has 6 aliphatic rings. The summed E-state index contributed by atoms with van der Waals surface area (Å²) >= 11 is 13.1. The van der Waals surface area contributed by atoms with Gasteiger partial charge < -0.3 is 14.8 Å². The van der Waals surface area contributed by atoms with Gasteiger partial charge in [0.05, 0.1) is 33.7 Å². The molecule has 6 fully saturated rings. The van der Waals surface area contributed by atoms with Crippen molar-refractivity contribution in [2.24, 2.45) is 17.8 Å². The molecule has 3 saturated heterocycles. The first kappa shape index (κ1) is 28.1. The highest BCUT2D eigenvalue weighted by molar-refractivity contribution is 6.43. The van der Waals surface area contributed by atoms with Crippen molar-refractivity contribution in [1.29, 1.82) is 5.26 Å². The molecule has 3 saturated carbocycles. The van der Waals surface area contributed by atoms with Crippen molar-refractivity contribution in [2.75, 3.05) is 6.54 Å². The lowest BCUT2D eigenvalue weighted by molar-refractivity contribution is -0.137. The molecular weight excluding hydrogens is 608 g/mol. The van der Waals surface area contributed by atoms with Crippen molar-refractivity contribution in [2.45, 2.75) is 82.5 Å². The van der Waals surface area contributed by atoms with Gasteiger partial charge in [-0.15, -0.1) is 0 Å². The average molecular weight is 643 g/mol. The number of rotatable bonds is 6. The summed E-state index contributed by atoms with van der Waals surface area (Å²) in [4.78, 5) is 21.0. The van der Waals surface area contributed by atoms with E-state index in [4.69, 9.17) is 28.2 Å². The van der Waals surface area contributed by atoms with E-state index in [2.05, 4.69) is 26.9 Å². The lowest BCUT2D eigenvalue weighted by Gasteiger charge is -2.42. The number of pyridine rings is 1. The van der Waals surface area contributed by atoms with Gasteiger partial charge in [0.15, 0.2) is 5.82 Å². The molecule has 0 spiro atoms. The summed E-state index contributed by atoms with van der Waals surface area (Å²) in [6.07, 6.45) is 7.02. The third-order valence-corrected chi connectivity index (χ3v) is 12.3. The fourth-order valence-corrected chi connectivity index (χ4v) is 9.69. The molecule has 4 bridgehead atoms. The highest BCUT2D eigenvalue weighted by Crippen LogP contribution is 2.56. The molecule has 1 N–H and O–H groups in total. The minimum Gasteiger partial charge on any atom is -0.337 e. The van der Waals surface area contributed by atoms with Crippen LogP contribution in [0.25, 0.3) is 32.9 Å². The quantitative estimate of drug-likeness (QED) is 0.231. The van der Waals surface area contributed by atoms with Gasteiger partial charge in [-0.3, -0.25) is 4.79 Å². The molecule has 1 amide bonds. The summed E-state index contributed by atoms with van der Waals surface area (Å²) in [5.74, 6) is 0.983. The number of carbonyl (C=O) groups excluding carboxylic acids is 1. The number of aromatic nitrogens is 2. The molecule has 2 aromatic heterocycles. The van der Waals surface area contributed by atoms with Crippen molar-refractivity contribution in [3.05, 3.63) is 63.1 Å². The van der Waals surface area contributed by atoms with E-state index < -0.39 is 5.82 Å². The number of carbonyl (C=O) groups is 1. The van der Waals surface area contributed by atoms with Crippen molar-refractivity contribution in [3.63, 3.8) is 0 Å². The molecule has 5 heterocycles. The average Bonchev–Trinajstić information content (AvgIpc) is 3.46. The second-order valence-corrected chi connectivity index (χ2v) is 14.8. The molecule has 9 heteroatoms. The predicted octanol–water partition coefficient (Wildman–Crippen LogP) is 8.06. The Bertz CT molecular complexity index is 1960. The SMILES string of the molecule is Cc1nc2c(F)c(-c3cccc(Cl)c3Cl)c(CCC#N)cc2c2c1cc(C1C3CCC(C3)N1C(=O)C1CC1)n2C1C2CNC1C2. The Morgan fingerprint density at radius 3 is 2.71 bits per heavy atom. The molecule has 10 rings (SSSR count). The van der Waals surface area contributed by atoms with E-state index in [-0.39, 0.29) is 29.4 Å². The van der Waals surface area contributed by atoms with Crippen molar-refractivity contribution < 1.29 is 9.18 Å².